The maximum absolute atomic E-state index is 12.1. The van der Waals surface area contributed by atoms with E-state index in [0.29, 0.717) is 24.2 Å². The lowest BCUT2D eigenvalue weighted by atomic mass is 10.1. The molecular weight excluding hydrogens is 292 g/mol. The molecule has 0 aliphatic rings. The van der Waals surface area contributed by atoms with E-state index in [9.17, 15) is 9.59 Å². The van der Waals surface area contributed by atoms with Gasteiger partial charge < -0.3 is 15.5 Å². The number of hydrogen-bond acceptors (Lipinski definition) is 4. The number of benzene rings is 1. The van der Waals surface area contributed by atoms with Gasteiger partial charge in [-0.15, -0.1) is 12.4 Å². The molecule has 3 N–H and O–H groups in total. The quantitative estimate of drug-likeness (QED) is 0.653. The Morgan fingerprint density at radius 2 is 2.00 bits per heavy atom. The molecule has 0 radical (unpaired) electrons. The Labute approximate surface area is 128 Å². The van der Waals surface area contributed by atoms with E-state index in [1.165, 1.54) is 0 Å². The molecule has 0 spiro atoms. The maximum atomic E-state index is 12.1. The van der Waals surface area contributed by atoms with E-state index in [-0.39, 0.29) is 23.9 Å². The molecule has 21 heavy (non-hydrogen) atoms. The van der Waals surface area contributed by atoms with E-state index in [2.05, 4.69) is 5.32 Å². The molecule has 0 aliphatic carbocycles. The highest BCUT2D eigenvalue weighted by atomic mass is 35.5. The third-order valence-electron chi connectivity index (χ3n) is 3.22. The summed E-state index contributed by atoms with van der Waals surface area (Å²) in [4.78, 5) is 24.0. The summed E-state index contributed by atoms with van der Waals surface area (Å²) in [7, 11) is 0. The van der Waals surface area contributed by atoms with Crippen molar-refractivity contribution in [2.24, 2.45) is 5.73 Å². The lowest BCUT2D eigenvalue weighted by Gasteiger charge is -2.08. The van der Waals surface area contributed by atoms with Crippen LogP contribution in [0.3, 0.4) is 0 Å². The highest BCUT2D eigenvalue weighted by molar-refractivity contribution is 5.99. The molecule has 1 amide bonds. The van der Waals surface area contributed by atoms with Crippen molar-refractivity contribution < 1.29 is 9.21 Å². The fourth-order valence-electron chi connectivity index (χ4n) is 2.13. The number of hydrogen-bond donors (Lipinski definition) is 2. The van der Waals surface area contributed by atoms with Gasteiger partial charge in [-0.05, 0) is 37.9 Å². The molecule has 0 fully saturated rings. The van der Waals surface area contributed by atoms with Crippen LogP contribution in [0, 0.1) is 6.92 Å². The van der Waals surface area contributed by atoms with Gasteiger partial charge in [-0.3, -0.25) is 4.79 Å². The standard InChI is InChI=1S/C15H18N2O3.ClH/c1-10-11-6-2-3-7-12(11)20-15(19)13(10)14(18)17-9-5-4-8-16;/h2-3,6-7H,4-5,8-9,16H2,1H3,(H,17,18);1H. The Morgan fingerprint density at radius 3 is 2.71 bits per heavy atom. The van der Waals surface area contributed by atoms with Crippen LogP contribution in [0.15, 0.2) is 33.5 Å². The smallest absolute Gasteiger partial charge is 0.349 e. The second kappa shape index (κ2) is 7.81. The summed E-state index contributed by atoms with van der Waals surface area (Å²) >= 11 is 0. The van der Waals surface area contributed by atoms with Crippen molar-refractivity contribution in [1.82, 2.24) is 5.32 Å². The van der Waals surface area contributed by atoms with Gasteiger partial charge in [0.2, 0.25) is 0 Å². The lowest BCUT2D eigenvalue weighted by Crippen LogP contribution is -2.30. The summed E-state index contributed by atoms with van der Waals surface area (Å²) < 4.78 is 5.19. The molecule has 0 unspecified atom stereocenters. The van der Waals surface area contributed by atoms with Crippen molar-refractivity contribution in [3.8, 4) is 0 Å². The molecule has 2 rings (SSSR count). The number of unbranched alkanes of at least 4 members (excludes halogenated alkanes) is 1. The van der Waals surface area contributed by atoms with E-state index >= 15 is 0 Å². The van der Waals surface area contributed by atoms with E-state index in [0.717, 1.165) is 18.2 Å². The second-order valence-corrected chi connectivity index (χ2v) is 4.64. The van der Waals surface area contributed by atoms with Gasteiger partial charge in [0, 0.05) is 11.9 Å². The van der Waals surface area contributed by atoms with Crippen LogP contribution in [-0.2, 0) is 0 Å². The third kappa shape index (κ3) is 3.83. The second-order valence-electron chi connectivity index (χ2n) is 4.64. The number of halogens is 1. The molecule has 6 heteroatoms. The molecule has 0 saturated carbocycles. The molecule has 0 bridgehead atoms. The minimum Gasteiger partial charge on any atom is -0.422 e. The fraction of sp³-hybridized carbons (Fsp3) is 0.333. The number of aryl methyl sites for hydroxylation is 1. The molecular formula is C15H19ClN2O3. The number of carbonyl (C=O) groups excluding carboxylic acids is 1. The minimum absolute atomic E-state index is 0. The van der Waals surface area contributed by atoms with Crippen molar-refractivity contribution in [2.45, 2.75) is 19.8 Å². The summed E-state index contributed by atoms with van der Waals surface area (Å²) in [5.41, 5.74) is 6.01. The highest BCUT2D eigenvalue weighted by Crippen LogP contribution is 2.18. The normalized spacial score (nSPS) is 10.2. The maximum Gasteiger partial charge on any atom is 0.349 e. The van der Waals surface area contributed by atoms with Gasteiger partial charge in [-0.1, -0.05) is 18.2 Å². The first-order valence-electron chi connectivity index (χ1n) is 6.66. The minimum atomic E-state index is -0.600. The SMILES string of the molecule is Cc1c(C(=O)NCCCCN)c(=O)oc2ccccc12.Cl. The van der Waals surface area contributed by atoms with Gasteiger partial charge >= 0.3 is 5.63 Å². The summed E-state index contributed by atoms with van der Waals surface area (Å²) in [5, 5.41) is 3.50. The Balaban J connectivity index is 0.00000220. The molecule has 2 aromatic rings. The van der Waals surface area contributed by atoms with Gasteiger partial charge in [0.1, 0.15) is 11.1 Å². The first kappa shape index (κ1) is 17.2. The van der Waals surface area contributed by atoms with Crippen LogP contribution in [0.4, 0.5) is 0 Å². The van der Waals surface area contributed by atoms with Crippen LogP contribution in [0.2, 0.25) is 0 Å². The average Bonchev–Trinajstić information content (AvgIpc) is 2.43. The topological polar surface area (TPSA) is 85.3 Å². The van der Waals surface area contributed by atoms with E-state index in [4.69, 9.17) is 10.2 Å². The zero-order valence-corrected chi connectivity index (χ0v) is 12.7. The van der Waals surface area contributed by atoms with Gasteiger partial charge in [0.15, 0.2) is 0 Å². The molecule has 114 valence electrons. The number of amides is 1. The van der Waals surface area contributed by atoms with Crippen LogP contribution in [0.1, 0.15) is 28.8 Å². The first-order valence-corrected chi connectivity index (χ1v) is 6.66. The van der Waals surface area contributed by atoms with E-state index in [1.54, 1.807) is 19.1 Å². The van der Waals surface area contributed by atoms with Crippen molar-refractivity contribution in [1.29, 1.82) is 0 Å². The number of carbonyl (C=O) groups is 1. The molecule has 0 saturated heterocycles. The first-order chi connectivity index (χ1) is 9.65. The summed E-state index contributed by atoms with van der Waals surface area (Å²) in [6, 6.07) is 7.18. The molecule has 5 nitrogen and oxygen atoms in total. The van der Waals surface area contributed by atoms with Crippen molar-refractivity contribution in [2.75, 3.05) is 13.1 Å². The van der Waals surface area contributed by atoms with Crippen molar-refractivity contribution >= 4 is 29.3 Å². The zero-order valence-electron chi connectivity index (χ0n) is 11.8. The van der Waals surface area contributed by atoms with Crippen LogP contribution in [0.25, 0.3) is 11.0 Å². The number of nitrogens with one attached hydrogen (secondary N) is 1. The van der Waals surface area contributed by atoms with Crippen LogP contribution in [0.5, 0.6) is 0 Å². The Kier molecular flexibility index (Phi) is 6.39. The predicted octanol–water partition coefficient (Wildman–Crippen LogP) is 1.99. The van der Waals surface area contributed by atoms with Gasteiger partial charge in [0.25, 0.3) is 5.91 Å². The van der Waals surface area contributed by atoms with Gasteiger partial charge in [-0.2, -0.15) is 0 Å². The monoisotopic (exact) mass is 310 g/mol. The number of rotatable bonds is 5. The fourth-order valence-corrected chi connectivity index (χ4v) is 2.13. The van der Waals surface area contributed by atoms with E-state index in [1.807, 2.05) is 12.1 Å². The summed E-state index contributed by atoms with van der Waals surface area (Å²) in [6.07, 6.45) is 1.63. The van der Waals surface area contributed by atoms with Crippen LogP contribution < -0.4 is 16.7 Å². The number of nitrogens with two attached hydrogens (primary N) is 1. The van der Waals surface area contributed by atoms with Gasteiger partial charge in [-0.25, -0.2) is 4.79 Å². The van der Waals surface area contributed by atoms with Crippen LogP contribution >= 0.6 is 12.4 Å². The lowest BCUT2D eigenvalue weighted by molar-refractivity contribution is 0.0949. The molecule has 1 heterocycles. The predicted molar refractivity (Wildman–Crippen MR) is 85.1 cm³/mol. The van der Waals surface area contributed by atoms with Crippen LogP contribution in [-0.4, -0.2) is 19.0 Å². The Hall–Kier alpha value is -1.85. The molecule has 1 aromatic carbocycles. The summed E-state index contributed by atoms with van der Waals surface area (Å²) in [5.74, 6) is -0.390. The number of fused-ring (bicyclic) bond motifs is 1. The van der Waals surface area contributed by atoms with Crippen molar-refractivity contribution in [3.63, 3.8) is 0 Å². The summed E-state index contributed by atoms with van der Waals surface area (Å²) in [6.45, 7) is 2.85. The number of para-hydroxylation sites is 1. The molecule has 0 atom stereocenters. The van der Waals surface area contributed by atoms with E-state index < -0.39 is 5.63 Å². The zero-order chi connectivity index (χ0) is 14.5. The largest absolute Gasteiger partial charge is 0.422 e. The molecule has 0 aliphatic heterocycles. The van der Waals surface area contributed by atoms with Crippen molar-refractivity contribution in [3.05, 3.63) is 45.8 Å². The molecule has 1 aromatic heterocycles. The average molecular weight is 311 g/mol. The third-order valence-corrected chi connectivity index (χ3v) is 3.22. The Bertz CT molecular complexity index is 682. The van der Waals surface area contributed by atoms with Gasteiger partial charge in [0.05, 0.1) is 0 Å². The Morgan fingerprint density at radius 1 is 1.29 bits per heavy atom. The highest BCUT2D eigenvalue weighted by Gasteiger charge is 2.17.